The maximum atomic E-state index is 15.0. The van der Waals surface area contributed by atoms with Crippen LogP contribution < -0.4 is 0 Å². The number of halogens is 3. The largest absolute Gasteiger partial charge is 0.348 e. The van der Waals surface area contributed by atoms with E-state index in [-0.39, 0.29) is 11.5 Å². The highest BCUT2D eigenvalue weighted by molar-refractivity contribution is 5.71. The Kier molecular flexibility index (Phi) is 12.1. The van der Waals surface area contributed by atoms with Gasteiger partial charge in [0.1, 0.15) is 5.82 Å². The van der Waals surface area contributed by atoms with Gasteiger partial charge in [0.2, 0.25) is 0 Å². The molecule has 0 N–H and O–H groups in total. The molecule has 1 saturated heterocycles. The van der Waals surface area contributed by atoms with Crippen LogP contribution in [0.2, 0.25) is 0 Å². The highest BCUT2D eigenvalue weighted by Gasteiger charge is 2.25. The van der Waals surface area contributed by atoms with E-state index in [0.29, 0.717) is 41.9 Å². The Hall–Kier alpha value is -2.89. The minimum atomic E-state index is -0.815. The van der Waals surface area contributed by atoms with E-state index in [1.54, 1.807) is 42.5 Å². The van der Waals surface area contributed by atoms with E-state index in [9.17, 15) is 4.39 Å². The number of hydrogen-bond acceptors (Lipinski definition) is 2. The smallest absolute Gasteiger partial charge is 0.186 e. The Balaban J connectivity index is 1.34. The molecule has 1 aliphatic heterocycles. The lowest BCUT2D eigenvalue weighted by Crippen LogP contribution is -2.27. The lowest BCUT2D eigenvalue weighted by Gasteiger charge is -2.29. The SMILES string of the molecule is C=CCCC1COC(c2ccc(-c3ccc(-c4ccc(CCCCCCCCCC)c(F)c4F)cc3)cc2F)OC1. The molecule has 220 valence electrons. The molecular weight excluding hydrogens is 521 g/mol. The standard InChI is InChI=1S/C36H43F3O2/c1-3-5-7-8-9-10-11-12-14-29-19-21-31(35(39)34(29)38)28-17-15-27(16-18-28)30-20-22-32(33(37)23-30)36-40-24-26(25-41-36)13-6-4-2/h4,15-23,26,36H,2-3,5-14,24-25H2,1H3. The number of allylic oxidation sites excluding steroid dienone is 1. The van der Waals surface area contributed by atoms with Gasteiger partial charge in [-0.3, -0.25) is 0 Å². The number of ether oxygens (including phenoxy) is 2. The summed E-state index contributed by atoms with van der Waals surface area (Å²) in [7, 11) is 0. The molecule has 0 atom stereocenters. The van der Waals surface area contributed by atoms with Crippen molar-refractivity contribution in [2.24, 2.45) is 5.92 Å². The average molecular weight is 565 g/mol. The van der Waals surface area contributed by atoms with Gasteiger partial charge in [-0.2, -0.15) is 0 Å². The normalized spacial score (nSPS) is 17.1. The van der Waals surface area contributed by atoms with Crippen LogP contribution in [0.1, 0.15) is 88.5 Å². The van der Waals surface area contributed by atoms with Crippen LogP contribution >= 0.6 is 0 Å². The van der Waals surface area contributed by atoms with Crippen LogP contribution in [-0.2, 0) is 15.9 Å². The van der Waals surface area contributed by atoms with Crippen LogP contribution in [0.3, 0.4) is 0 Å². The molecule has 2 nitrogen and oxygen atoms in total. The summed E-state index contributed by atoms with van der Waals surface area (Å²) in [5, 5.41) is 0. The monoisotopic (exact) mass is 564 g/mol. The third-order valence-electron chi connectivity index (χ3n) is 7.99. The molecule has 0 spiro atoms. The number of unbranched alkanes of at least 4 members (excludes halogenated alkanes) is 7. The van der Waals surface area contributed by atoms with Crippen molar-refractivity contribution in [3.63, 3.8) is 0 Å². The van der Waals surface area contributed by atoms with Crippen molar-refractivity contribution in [1.82, 2.24) is 0 Å². The second-order valence-corrected chi connectivity index (χ2v) is 11.2. The second kappa shape index (κ2) is 15.9. The van der Waals surface area contributed by atoms with E-state index in [1.165, 1.54) is 38.2 Å². The molecule has 1 aliphatic rings. The van der Waals surface area contributed by atoms with Crippen molar-refractivity contribution >= 4 is 0 Å². The topological polar surface area (TPSA) is 18.5 Å². The van der Waals surface area contributed by atoms with Gasteiger partial charge in [-0.25, -0.2) is 13.2 Å². The molecule has 5 heteroatoms. The minimum absolute atomic E-state index is 0.230. The third kappa shape index (κ3) is 8.56. The molecular formula is C36H43F3O2. The van der Waals surface area contributed by atoms with Gasteiger partial charge in [0.25, 0.3) is 0 Å². The second-order valence-electron chi connectivity index (χ2n) is 11.2. The highest BCUT2D eigenvalue weighted by Crippen LogP contribution is 2.33. The van der Waals surface area contributed by atoms with Crippen LogP contribution in [0.15, 0.2) is 67.3 Å². The van der Waals surface area contributed by atoms with E-state index < -0.39 is 23.7 Å². The molecule has 0 aliphatic carbocycles. The number of benzene rings is 3. The van der Waals surface area contributed by atoms with Crippen LogP contribution in [0.25, 0.3) is 22.3 Å². The van der Waals surface area contributed by atoms with Gasteiger partial charge < -0.3 is 9.47 Å². The van der Waals surface area contributed by atoms with Crippen molar-refractivity contribution in [2.45, 2.75) is 83.8 Å². The Morgan fingerprint density at radius 1 is 0.756 bits per heavy atom. The molecule has 3 aromatic carbocycles. The average Bonchev–Trinajstić information content (AvgIpc) is 3.00. The van der Waals surface area contributed by atoms with E-state index in [2.05, 4.69) is 13.5 Å². The molecule has 0 radical (unpaired) electrons. The minimum Gasteiger partial charge on any atom is -0.348 e. The zero-order valence-electron chi connectivity index (χ0n) is 24.3. The molecule has 1 fully saturated rings. The van der Waals surface area contributed by atoms with E-state index in [0.717, 1.165) is 37.7 Å². The summed E-state index contributed by atoms with van der Waals surface area (Å²) in [4.78, 5) is 0. The first-order valence-corrected chi connectivity index (χ1v) is 15.2. The van der Waals surface area contributed by atoms with Gasteiger partial charge in [-0.05, 0) is 54.0 Å². The first-order valence-electron chi connectivity index (χ1n) is 15.2. The lowest BCUT2D eigenvalue weighted by molar-refractivity contribution is -0.207. The van der Waals surface area contributed by atoms with Gasteiger partial charge in [0.15, 0.2) is 17.9 Å². The fourth-order valence-electron chi connectivity index (χ4n) is 5.44. The first kappa shape index (κ1) is 31.1. The van der Waals surface area contributed by atoms with Gasteiger partial charge in [-0.15, -0.1) is 6.58 Å². The molecule has 0 unspecified atom stereocenters. The Labute approximate surface area is 243 Å². The molecule has 1 heterocycles. The van der Waals surface area contributed by atoms with Gasteiger partial charge in [-0.1, -0.05) is 106 Å². The van der Waals surface area contributed by atoms with Crippen LogP contribution in [0.4, 0.5) is 13.2 Å². The molecule has 0 aromatic heterocycles. The molecule has 3 aromatic rings. The summed E-state index contributed by atoms with van der Waals surface area (Å²) < 4.78 is 56.5. The molecule has 0 amide bonds. The van der Waals surface area contributed by atoms with Crippen LogP contribution in [0, 0.1) is 23.4 Å². The fraction of sp³-hybridized carbons (Fsp3) is 0.444. The number of aryl methyl sites for hydroxylation is 1. The summed E-state index contributed by atoms with van der Waals surface area (Å²) in [6, 6.07) is 15.4. The summed E-state index contributed by atoms with van der Waals surface area (Å²) in [5.74, 6) is -1.69. The maximum Gasteiger partial charge on any atom is 0.186 e. The Morgan fingerprint density at radius 3 is 2.05 bits per heavy atom. The van der Waals surface area contributed by atoms with Crippen molar-refractivity contribution in [2.75, 3.05) is 13.2 Å². The Bertz CT molecular complexity index is 1250. The summed E-state index contributed by atoms with van der Waals surface area (Å²) in [5.41, 5.74) is 3.08. The van der Waals surface area contributed by atoms with Crippen LogP contribution in [-0.4, -0.2) is 13.2 Å². The Morgan fingerprint density at radius 2 is 1.39 bits per heavy atom. The summed E-state index contributed by atoms with van der Waals surface area (Å²) >= 11 is 0. The van der Waals surface area contributed by atoms with Crippen molar-refractivity contribution in [1.29, 1.82) is 0 Å². The van der Waals surface area contributed by atoms with Crippen molar-refractivity contribution in [3.05, 3.63) is 95.8 Å². The van der Waals surface area contributed by atoms with E-state index in [4.69, 9.17) is 9.47 Å². The van der Waals surface area contributed by atoms with E-state index >= 15 is 8.78 Å². The quantitative estimate of drug-likeness (QED) is 0.135. The van der Waals surface area contributed by atoms with Gasteiger partial charge in [0.05, 0.1) is 13.2 Å². The summed E-state index contributed by atoms with van der Waals surface area (Å²) in [6.07, 6.45) is 12.9. The first-order chi connectivity index (χ1) is 20.0. The maximum absolute atomic E-state index is 15.0. The number of rotatable bonds is 15. The predicted octanol–water partition coefficient (Wildman–Crippen LogP) is 10.7. The molecule has 0 bridgehead atoms. The molecule has 0 saturated carbocycles. The molecule has 4 rings (SSSR count). The zero-order valence-corrected chi connectivity index (χ0v) is 24.3. The molecule has 41 heavy (non-hydrogen) atoms. The highest BCUT2D eigenvalue weighted by atomic mass is 19.2. The van der Waals surface area contributed by atoms with Crippen molar-refractivity contribution < 1.29 is 22.6 Å². The number of hydrogen-bond donors (Lipinski definition) is 0. The van der Waals surface area contributed by atoms with Crippen molar-refractivity contribution in [3.8, 4) is 22.3 Å². The summed E-state index contributed by atoms with van der Waals surface area (Å²) in [6.45, 7) is 7.00. The third-order valence-corrected chi connectivity index (χ3v) is 7.99. The predicted molar refractivity (Wildman–Crippen MR) is 161 cm³/mol. The van der Waals surface area contributed by atoms with Crippen LogP contribution in [0.5, 0.6) is 0 Å². The van der Waals surface area contributed by atoms with Gasteiger partial charge in [0, 0.05) is 17.0 Å². The zero-order chi connectivity index (χ0) is 29.0. The fourth-order valence-corrected chi connectivity index (χ4v) is 5.44. The van der Waals surface area contributed by atoms with Gasteiger partial charge >= 0.3 is 0 Å². The lowest BCUT2D eigenvalue weighted by atomic mass is 9.97. The van der Waals surface area contributed by atoms with E-state index in [1.807, 2.05) is 12.1 Å².